The van der Waals surface area contributed by atoms with Crippen molar-refractivity contribution in [3.05, 3.63) is 63.4 Å². The van der Waals surface area contributed by atoms with Gasteiger partial charge < -0.3 is 9.84 Å². The van der Waals surface area contributed by atoms with Crippen LogP contribution in [0.1, 0.15) is 22.8 Å². The maximum atomic E-state index is 13.8. The summed E-state index contributed by atoms with van der Waals surface area (Å²) in [5, 5.41) is 10.3. The second kappa shape index (κ2) is 6.37. The molecule has 2 aromatic carbocycles. The van der Waals surface area contributed by atoms with Crippen molar-refractivity contribution in [3.8, 4) is 5.75 Å². The van der Waals surface area contributed by atoms with E-state index in [0.717, 1.165) is 5.56 Å². The summed E-state index contributed by atoms with van der Waals surface area (Å²) < 4.78 is 19.8. The number of aliphatic hydroxyl groups excluding tert-OH is 1. The van der Waals surface area contributed by atoms with Crippen molar-refractivity contribution in [2.24, 2.45) is 0 Å². The summed E-state index contributed by atoms with van der Waals surface area (Å²) in [6.45, 7) is 1.95. The van der Waals surface area contributed by atoms with Crippen LogP contribution in [0.15, 0.2) is 40.9 Å². The van der Waals surface area contributed by atoms with Crippen molar-refractivity contribution in [1.82, 2.24) is 0 Å². The Bertz CT molecular complexity index is 613. The molecule has 0 aliphatic carbocycles. The van der Waals surface area contributed by atoms with Gasteiger partial charge in [0, 0.05) is 16.5 Å². The van der Waals surface area contributed by atoms with Crippen molar-refractivity contribution in [1.29, 1.82) is 0 Å². The molecule has 0 aliphatic heterocycles. The van der Waals surface area contributed by atoms with E-state index in [0.29, 0.717) is 21.3 Å². The van der Waals surface area contributed by atoms with E-state index >= 15 is 0 Å². The van der Waals surface area contributed by atoms with Gasteiger partial charge in [-0.05, 0) is 36.2 Å². The minimum atomic E-state index is -0.804. The number of rotatable bonds is 4. The molecule has 2 aromatic rings. The number of methoxy groups -OCH3 is 1. The molecule has 4 heteroatoms. The third kappa shape index (κ3) is 3.38. The van der Waals surface area contributed by atoms with Gasteiger partial charge >= 0.3 is 0 Å². The lowest BCUT2D eigenvalue weighted by Gasteiger charge is -2.16. The zero-order valence-corrected chi connectivity index (χ0v) is 12.9. The molecule has 0 saturated heterocycles. The van der Waals surface area contributed by atoms with Gasteiger partial charge in [0.05, 0.1) is 13.2 Å². The standard InChI is InChI=1S/C16H16BrFO2/c1-10-3-6-13(16(7-10)20-2)15(19)8-11-4-5-12(17)9-14(11)18/h3-7,9,15,19H,8H2,1-2H3. The Kier molecular flexibility index (Phi) is 4.78. The van der Waals surface area contributed by atoms with E-state index in [1.165, 1.54) is 6.07 Å². The molecule has 1 unspecified atom stereocenters. The van der Waals surface area contributed by atoms with Gasteiger partial charge in [0.15, 0.2) is 0 Å². The summed E-state index contributed by atoms with van der Waals surface area (Å²) in [6, 6.07) is 10.4. The zero-order chi connectivity index (χ0) is 14.7. The Morgan fingerprint density at radius 2 is 2.00 bits per heavy atom. The molecule has 0 bridgehead atoms. The number of hydrogen-bond donors (Lipinski definition) is 1. The number of ether oxygens (including phenoxy) is 1. The van der Waals surface area contributed by atoms with Crippen molar-refractivity contribution < 1.29 is 14.2 Å². The molecule has 2 nitrogen and oxygen atoms in total. The molecular weight excluding hydrogens is 323 g/mol. The number of aryl methyl sites for hydroxylation is 1. The fourth-order valence-electron chi connectivity index (χ4n) is 2.10. The molecule has 106 valence electrons. The van der Waals surface area contributed by atoms with E-state index in [4.69, 9.17) is 4.74 Å². The molecule has 1 N–H and O–H groups in total. The van der Waals surface area contributed by atoms with E-state index in [1.807, 2.05) is 25.1 Å². The first-order valence-corrected chi connectivity index (χ1v) is 7.07. The summed E-state index contributed by atoms with van der Waals surface area (Å²) >= 11 is 3.22. The van der Waals surface area contributed by atoms with E-state index in [9.17, 15) is 9.50 Å². The van der Waals surface area contributed by atoms with Crippen LogP contribution in [0.5, 0.6) is 5.75 Å². The average molecular weight is 339 g/mol. The van der Waals surface area contributed by atoms with Crippen molar-refractivity contribution in [2.45, 2.75) is 19.4 Å². The highest BCUT2D eigenvalue weighted by molar-refractivity contribution is 9.10. The Morgan fingerprint density at radius 3 is 2.65 bits per heavy atom. The smallest absolute Gasteiger partial charge is 0.127 e. The van der Waals surface area contributed by atoms with Gasteiger partial charge in [-0.2, -0.15) is 0 Å². The van der Waals surface area contributed by atoms with Crippen molar-refractivity contribution >= 4 is 15.9 Å². The lowest BCUT2D eigenvalue weighted by molar-refractivity contribution is 0.172. The van der Waals surface area contributed by atoms with Gasteiger partial charge in [-0.3, -0.25) is 0 Å². The minimum absolute atomic E-state index is 0.207. The summed E-state index contributed by atoms with van der Waals surface area (Å²) in [5.74, 6) is 0.291. The van der Waals surface area contributed by atoms with Gasteiger partial charge in [-0.25, -0.2) is 4.39 Å². The molecule has 2 rings (SSSR count). The average Bonchev–Trinajstić information content (AvgIpc) is 2.41. The number of halogens is 2. The highest BCUT2D eigenvalue weighted by atomic mass is 79.9. The molecule has 0 amide bonds. The van der Waals surface area contributed by atoms with Crippen LogP contribution in [0.2, 0.25) is 0 Å². The third-order valence-corrected chi connectivity index (χ3v) is 3.67. The molecule has 0 aromatic heterocycles. The Labute approximate surface area is 126 Å². The second-order valence-corrected chi connectivity index (χ2v) is 5.62. The predicted octanol–water partition coefficient (Wildman–Crippen LogP) is 4.18. The molecule has 0 aliphatic rings. The van der Waals surface area contributed by atoms with Crippen LogP contribution in [0, 0.1) is 12.7 Å². The lowest BCUT2D eigenvalue weighted by atomic mass is 9.99. The second-order valence-electron chi connectivity index (χ2n) is 4.70. The summed E-state index contributed by atoms with van der Waals surface area (Å²) in [7, 11) is 1.56. The molecule has 0 fully saturated rings. The van der Waals surface area contributed by atoms with Crippen LogP contribution < -0.4 is 4.74 Å². The predicted molar refractivity (Wildman–Crippen MR) is 80.5 cm³/mol. The van der Waals surface area contributed by atoms with E-state index in [2.05, 4.69) is 15.9 Å². The normalized spacial score (nSPS) is 12.2. The molecular formula is C16H16BrFO2. The minimum Gasteiger partial charge on any atom is -0.496 e. The lowest BCUT2D eigenvalue weighted by Crippen LogP contribution is -2.05. The van der Waals surface area contributed by atoms with E-state index in [1.54, 1.807) is 19.2 Å². The van der Waals surface area contributed by atoms with E-state index < -0.39 is 6.10 Å². The van der Waals surface area contributed by atoms with Gasteiger partial charge in [-0.15, -0.1) is 0 Å². The van der Waals surface area contributed by atoms with Crippen LogP contribution in [0.4, 0.5) is 4.39 Å². The van der Waals surface area contributed by atoms with Crippen LogP contribution in [-0.2, 0) is 6.42 Å². The topological polar surface area (TPSA) is 29.5 Å². The monoisotopic (exact) mass is 338 g/mol. The van der Waals surface area contributed by atoms with Gasteiger partial charge in [0.25, 0.3) is 0 Å². The Balaban J connectivity index is 2.25. The fraction of sp³-hybridized carbons (Fsp3) is 0.250. The van der Waals surface area contributed by atoms with Gasteiger partial charge in [0.1, 0.15) is 11.6 Å². The largest absolute Gasteiger partial charge is 0.496 e. The summed E-state index contributed by atoms with van der Waals surface area (Å²) in [4.78, 5) is 0. The third-order valence-electron chi connectivity index (χ3n) is 3.18. The quantitative estimate of drug-likeness (QED) is 0.905. The first-order valence-electron chi connectivity index (χ1n) is 6.28. The maximum absolute atomic E-state index is 13.8. The zero-order valence-electron chi connectivity index (χ0n) is 11.4. The highest BCUT2D eigenvalue weighted by Crippen LogP contribution is 2.29. The number of hydrogen-bond acceptors (Lipinski definition) is 2. The van der Waals surface area contributed by atoms with Crippen LogP contribution in [0.3, 0.4) is 0 Å². The highest BCUT2D eigenvalue weighted by Gasteiger charge is 2.16. The number of benzene rings is 2. The van der Waals surface area contributed by atoms with Crippen molar-refractivity contribution in [3.63, 3.8) is 0 Å². The SMILES string of the molecule is COc1cc(C)ccc1C(O)Cc1ccc(Br)cc1F. The fourth-order valence-corrected chi connectivity index (χ4v) is 2.43. The maximum Gasteiger partial charge on any atom is 0.127 e. The van der Waals surface area contributed by atoms with Gasteiger partial charge in [0.2, 0.25) is 0 Å². The van der Waals surface area contributed by atoms with Crippen molar-refractivity contribution in [2.75, 3.05) is 7.11 Å². The van der Waals surface area contributed by atoms with Crippen LogP contribution in [-0.4, -0.2) is 12.2 Å². The van der Waals surface area contributed by atoms with Crippen LogP contribution in [0.25, 0.3) is 0 Å². The molecule has 20 heavy (non-hydrogen) atoms. The first kappa shape index (κ1) is 15.0. The molecule has 1 atom stereocenters. The molecule has 0 heterocycles. The molecule has 0 spiro atoms. The molecule has 0 radical (unpaired) electrons. The molecule has 0 saturated carbocycles. The Hall–Kier alpha value is -1.39. The van der Waals surface area contributed by atoms with Gasteiger partial charge in [-0.1, -0.05) is 34.1 Å². The summed E-state index contributed by atoms with van der Waals surface area (Å²) in [5.41, 5.74) is 2.19. The van der Waals surface area contributed by atoms with E-state index in [-0.39, 0.29) is 12.2 Å². The first-order chi connectivity index (χ1) is 9.51. The number of aliphatic hydroxyl groups is 1. The Morgan fingerprint density at radius 1 is 1.25 bits per heavy atom. The van der Waals surface area contributed by atoms with Crippen LogP contribution >= 0.6 is 15.9 Å². The summed E-state index contributed by atoms with van der Waals surface area (Å²) in [6.07, 6.45) is -0.598.